The molecule has 2 nitrogen and oxygen atoms in total. The second-order valence-corrected chi connectivity index (χ2v) is 4.38. The van der Waals surface area contributed by atoms with Crippen LogP contribution >= 0.6 is 0 Å². The molecule has 0 aromatic carbocycles. The van der Waals surface area contributed by atoms with Crippen molar-refractivity contribution in [2.24, 2.45) is 5.41 Å². The maximum absolute atomic E-state index is 10.7. The molecule has 1 saturated carbocycles. The lowest BCUT2D eigenvalue weighted by Crippen LogP contribution is -2.27. The lowest BCUT2D eigenvalue weighted by atomic mass is 9.69. The smallest absolute Gasteiger partial charge is 0.303 e. The third-order valence-corrected chi connectivity index (χ3v) is 3.22. The van der Waals surface area contributed by atoms with Crippen molar-refractivity contribution in [2.75, 3.05) is 0 Å². The van der Waals surface area contributed by atoms with E-state index in [0.29, 0.717) is 6.42 Å². The molecule has 0 radical (unpaired) electrons. The Balaban J connectivity index is 2.55. The van der Waals surface area contributed by atoms with Gasteiger partial charge in [-0.15, -0.1) is 0 Å². The number of hydrogen-bond donors (Lipinski definition) is 1. The molecule has 0 atom stereocenters. The Morgan fingerprint density at radius 2 is 1.92 bits per heavy atom. The van der Waals surface area contributed by atoms with E-state index in [1.165, 1.54) is 19.3 Å². The highest BCUT2D eigenvalue weighted by atomic mass is 16.4. The Bertz CT molecular complexity index is 163. The first kappa shape index (κ1) is 10.6. The summed E-state index contributed by atoms with van der Waals surface area (Å²) in [6.07, 6.45) is 8.62. The maximum atomic E-state index is 10.7. The van der Waals surface area contributed by atoms with E-state index in [0.717, 1.165) is 25.7 Å². The minimum absolute atomic E-state index is 0.152. The van der Waals surface area contributed by atoms with Crippen molar-refractivity contribution < 1.29 is 9.90 Å². The molecule has 1 aliphatic carbocycles. The largest absolute Gasteiger partial charge is 0.481 e. The second kappa shape index (κ2) is 4.64. The van der Waals surface area contributed by atoms with E-state index in [4.69, 9.17) is 5.11 Å². The molecule has 0 aromatic heterocycles. The Morgan fingerprint density at radius 1 is 1.31 bits per heavy atom. The van der Waals surface area contributed by atoms with E-state index >= 15 is 0 Å². The molecular weight excluding hydrogens is 164 g/mol. The predicted molar refractivity (Wildman–Crippen MR) is 52.7 cm³/mol. The van der Waals surface area contributed by atoms with Gasteiger partial charge >= 0.3 is 5.97 Å². The van der Waals surface area contributed by atoms with Crippen molar-refractivity contribution >= 4 is 5.97 Å². The highest BCUT2D eigenvalue weighted by Gasteiger charge is 2.33. The van der Waals surface area contributed by atoms with Crippen molar-refractivity contribution in [3.05, 3.63) is 0 Å². The molecular formula is C11H20O2. The van der Waals surface area contributed by atoms with Gasteiger partial charge in [0.1, 0.15) is 0 Å². The summed E-state index contributed by atoms with van der Waals surface area (Å²) in [5, 5.41) is 8.86. The summed E-state index contributed by atoms with van der Waals surface area (Å²) in [5.41, 5.74) is 0.152. The third-order valence-electron chi connectivity index (χ3n) is 3.22. The molecule has 1 fully saturated rings. The monoisotopic (exact) mass is 184 g/mol. The number of carbonyl (C=O) groups is 1. The van der Waals surface area contributed by atoms with Crippen LogP contribution in [0.4, 0.5) is 0 Å². The summed E-state index contributed by atoms with van der Waals surface area (Å²) in [5.74, 6) is -0.615. The van der Waals surface area contributed by atoms with Crippen molar-refractivity contribution in [3.8, 4) is 0 Å². The molecule has 1 aliphatic rings. The van der Waals surface area contributed by atoms with Crippen molar-refractivity contribution in [1.82, 2.24) is 0 Å². The van der Waals surface area contributed by atoms with Gasteiger partial charge in [-0.1, -0.05) is 32.6 Å². The van der Waals surface area contributed by atoms with E-state index in [2.05, 4.69) is 6.92 Å². The van der Waals surface area contributed by atoms with Gasteiger partial charge < -0.3 is 5.11 Å². The number of carboxylic acid groups (broad SMARTS) is 1. The molecule has 0 aliphatic heterocycles. The standard InChI is InChI=1S/C11H20O2/c1-2-6-11(9-10(12)13)7-4-3-5-8-11/h2-9H2,1H3,(H,12,13). The lowest BCUT2D eigenvalue weighted by molar-refractivity contribution is -0.140. The molecule has 0 aromatic rings. The Labute approximate surface area is 80.3 Å². The minimum atomic E-state index is -0.615. The van der Waals surface area contributed by atoms with Gasteiger partial charge in [0.15, 0.2) is 0 Å². The third kappa shape index (κ3) is 3.02. The summed E-state index contributed by atoms with van der Waals surface area (Å²) in [7, 11) is 0. The zero-order valence-corrected chi connectivity index (χ0v) is 8.51. The summed E-state index contributed by atoms with van der Waals surface area (Å²) in [6.45, 7) is 2.15. The molecule has 0 unspecified atom stereocenters. The van der Waals surface area contributed by atoms with E-state index in [-0.39, 0.29) is 5.41 Å². The maximum Gasteiger partial charge on any atom is 0.303 e. The van der Waals surface area contributed by atoms with Crippen molar-refractivity contribution in [1.29, 1.82) is 0 Å². The zero-order chi connectivity index (χ0) is 9.73. The first-order valence-corrected chi connectivity index (χ1v) is 5.40. The summed E-state index contributed by atoms with van der Waals surface area (Å²) in [6, 6.07) is 0. The normalized spacial score (nSPS) is 21.3. The van der Waals surface area contributed by atoms with Gasteiger partial charge in [0.2, 0.25) is 0 Å². The summed E-state index contributed by atoms with van der Waals surface area (Å²) >= 11 is 0. The Hall–Kier alpha value is -0.530. The summed E-state index contributed by atoms with van der Waals surface area (Å²) < 4.78 is 0. The van der Waals surface area contributed by atoms with Gasteiger partial charge in [-0.25, -0.2) is 0 Å². The number of hydrogen-bond acceptors (Lipinski definition) is 1. The van der Waals surface area contributed by atoms with Crippen LogP contribution < -0.4 is 0 Å². The molecule has 1 rings (SSSR count). The lowest BCUT2D eigenvalue weighted by Gasteiger charge is -2.35. The highest BCUT2D eigenvalue weighted by Crippen LogP contribution is 2.42. The van der Waals surface area contributed by atoms with Crippen LogP contribution in [0.5, 0.6) is 0 Å². The topological polar surface area (TPSA) is 37.3 Å². The molecule has 13 heavy (non-hydrogen) atoms. The molecule has 0 bridgehead atoms. The average Bonchev–Trinajstić information content (AvgIpc) is 2.04. The second-order valence-electron chi connectivity index (χ2n) is 4.38. The van der Waals surface area contributed by atoms with Crippen molar-refractivity contribution in [3.63, 3.8) is 0 Å². The quantitative estimate of drug-likeness (QED) is 0.728. The molecule has 2 heteroatoms. The average molecular weight is 184 g/mol. The van der Waals surface area contributed by atoms with Crippen LogP contribution in [0, 0.1) is 5.41 Å². The fourth-order valence-corrected chi connectivity index (χ4v) is 2.67. The first-order chi connectivity index (χ1) is 6.18. The van der Waals surface area contributed by atoms with Crippen molar-refractivity contribution in [2.45, 2.75) is 58.3 Å². The number of carboxylic acids is 1. The Morgan fingerprint density at radius 3 is 2.38 bits per heavy atom. The molecule has 1 N–H and O–H groups in total. The van der Waals surface area contributed by atoms with Crippen LogP contribution in [-0.4, -0.2) is 11.1 Å². The number of rotatable bonds is 4. The summed E-state index contributed by atoms with van der Waals surface area (Å²) in [4.78, 5) is 10.7. The predicted octanol–water partition coefficient (Wildman–Crippen LogP) is 3.21. The first-order valence-electron chi connectivity index (χ1n) is 5.40. The molecule has 0 spiro atoms. The van der Waals surface area contributed by atoms with Gasteiger partial charge in [0.25, 0.3) is 0 Å². The van der Waals surface area contributed by atoms with Gasteiger partial charge in [-0.3, -0.25) is 4.79 Å². The fraction of sp³-hybridized carbons (Fsp3) is 0.909. The Kier molecular flexibility index (Phi) is 3.76. The van der Waals surface area contributed by atoms with Crippen LogP contribution in [-0.2, 0) is 4.79 Å². The SMILES string of the molecule is CCCC1(CC(=O)O)CCCCC1. The molecule has 76 valence electrons. The van der Waals surface area contributed by atoms with E-state index < -0.39 is 5.97 Å². The molecule has 0 heterocycles. The van der Waals surface area contributed by atoms with Gasteiger partial charge in [0.05, 0.1) is 6.42 Å². The zero-order valence-electron chi connectivity index (χ0n) is 8.51. The number of aliphatic carboxylic acids is 1. The van der Waals surface area contributed by atoms with Gasteiger partial charge in [0, 0.05) is 0 Å². The van der Waals surface area contributed by atoms with Crippen LogP contribution in [0.25, 0.3) is 0 Å². The minimum Gasteiger partial charge on any atom is -0.481 e. The molecule has 0 saturated heterocycles. The van der Waals surface area contributed by atoms with Crippen LogP contribution in [0.3, 0.4) is 0 Å². The van der Waals surface area contributed by atoms with Crippen LogP contribution in [0.1, 0.15) is 58.3 Å². The van der Waals surface area contributed by atoms with Gasteiger partial charge in [-0.2, -0.15) is 0 Å². The molecule has 0 amide bonds. The van der Waals surface area contributed by atoms with E-state index in [1.807, 2.05) is 0 Å². The van der Waals surface area contributed by atoms with Crippen LogP contribution in [0.15, 0.2) is 0 Å². The fourth-order valence-electron chi connectivity index (χ4n) is 2.67. The highest BCUT2D eigenvalue weighted by molar-refractivity contribution is 5.67. The van der Waals surface area contributed by atoms with E-state index in [1.54, 1.807) is 0 Å². The van der Waals surface area contributed by atoms with E-state index in [9.17, 15) is 4.79 Å². The van der Waals surface area contributed by atoms with Crippen LogP contribution in [0.2, 0.25) is 0 Å². The van der Waals surface area contributed by atoms with Gasteiger partial charge in [-0.05, 0) is 24.7 Å².